The largest absolute Gasteiger partial charge is 0.494 e. The molecular formula is C18H22N2O5S2. The lowest BCUT2D eigenvalue weighted by Gasteiger charge is -2.10. The first kappa shape index (κ1) is 19.9. The summed E-state index contributed by atoms with van der Waals surface area (Å²) in [5, 5.41) is 8.48. The van der Waals surface area contributed by atoms with Crippen LogP contribution >= 0.6 is 11.8 Å². The predicted octanol–water partition coefficient (Wildman–Crippen LogP) is 2.94. The highest BCUT2D eigenvalue weighted by molar-refractivity contribution is 7.98. The van der Waals surface area contributed by atoms with Crippen LogP contribution in [0.5, 0.6) is 5.75 Å². The first-order valence-corrected chi connectivity index (χ1v) is 11.6. The number of thioether (sulfide) groups is 1. The van der Waals surface area contributed by atoms with E-state index in [4.69, 9.17) is 9.15 Å². The highest BCUT2D eigenvalue weighted by Crippen LogP contribution is 2.29. The van der Waals surface area contributed by atoms with Crippen molar-refractivity contribution in [2.45, 2.75) is 37.7 Å². The molecule has 9 heteroatoms. The van der Waals surface area contributed by atoms with Crippen molar-refractivity contribution in [2.75, 3.05) is 18.1 Å². The first-order chi connectivity index (χ1) is 12.9. The molecule has 0 saturated carbocycles. The number of carbonyl (C=O) groups is 1. The van der Waals surface area contributed by atoms with Crippen LogP contribution in [0.1, 0.15) is 42.1 Å². The van der Waals surface area contributed by atoms with E-state index in [0.29, 0.717) is 41.9 Å². The average Bonchev–Trinajstić information content (AvgIpc) is 3.20. The molecule has 1 atom stereocenters. The molecule has 0 N–H and O–H groups in total. The Morgan fingerprint density at radius 2 is 2.19 bits per heavy atom. The Bertz CT molecular complexity index is 924. The molecule has 7 nitrogen and oxygen atoms in total. The molecule has 0 unspecified atom stereocenters. The van der Waals surface area contributed by atoms with Crippen molar-refractivity contribution in [3.05, 3.63) is 35.2 Å². The van der Waals surface area contributed by atoms with Crippen molar-refractivity contribution >= 4 is 27.4 Å². The van der Waals surface area contributed by atoms with E-state index in [2.05, 4.69) is 10.2 Å². The van der Waals surface area contributed by atoms with Gasteiger partial charge in [0, 0.05) is 23.3 Å². The third-order valence-corrected chi connectivity index (χ3v) is 7.06. The Kier molecular flexibility index (Phi) is 6.21. The monoisotopic (exact) mass is 410 g/mol. The van der Waals surface area contributed by atoms with Gasteiger partial charge in [-0.25, -0.2) is 8.42 Å². The fraction of sp³-hybridized carbons (Fsp3) is 0.500. The van der Waals surface area contributed by atoms with E-state index in [0.717, 1.165) is 11.3 Å². The lowest BCUT2D eigenvalue weighted by atomic mass is 10.1. The number of benzene rings is 1. The maximum absolute atomic E-state index is 11.6. The molecule has 0 spiro atoms. The van der Waals surface area contributed by atoms with Crippen LogP contribution in [0.4, 0.5) is 0 Å². The zero-order valence-electron chi connectivity index (χ0n) is 15.3. The zero-order chi connectivity index (χ0) is 19.4. The van der Waals surface area contributed by atoms with Gasteiger partial charge in [0.2, 0.25) is 5.89 Å². The number of nitrogens with zero attached hydrogens (tertiary/aromatic N) is 2. The molecule has 3 rings (SSSR count). The molecule has 0 bridgehead atoms. The van der Waals surface area contributed by atoms with E-state index in [1.807, 2.05) is 13.0 Å². The van der Waals surface area contributed by atoms with Gasteiger partial charge in [0.15, 0.2) is 15.6 Å². The summed E-state index contributed by atoms with van der Waals surface area (Å²) in [5.41, 5.74) is 1.51. The van der Waals surface area contributed by atoms with Crippen molar-refractivity contribution in [1.82, 2.24) is 10.2 Å². The summed E-state index contributed by atoms with van der Waals surface area (Å²) in [6.07, 6.45) is 1.12. The van der Waals surface area contributed by atoms with Gasteiger partial charge in [0.05, 0.1) is 18.1 Å². The number of carbonyl (C=O) groups excluding carboxylic acids is 1. The van der Waals surface area contributed by atoms with Gasteiger partial charge in [-0.2, -0.15) is 0 Å². The summed E-state index contributed by atoms with van der Waals surface area (Å²) in [6.45, 7) is 3.97. The van der Waals surface area contributed by atoms with Crippen molar-refractivity contribution < 1.29 is 22.4 Å². The molecule has 1 fully saturated rings. The molecule has 2 aromatic rings. The number of aromatic nitrogens is 2. The summed E-state index contributed by atoms with van der Waals surface area (Å²) >= 11 is 1.36. The number of ether oxygens (including phenoxy) is 1. The number of hydrogen-bond donors (Lipinski definition) is 0. The molecule has 1 aromatic heterocycles. The minimum Gasteiger partial charge on any atom is -0.494 e. The highest BCUT2D eigenvalue weighted by Gasteiger charge is 2.29. The number of Topliss-reactive ketones (excluding diaryl/α,β-unsaturated/α-hetero) is 1. The molecule has 2 heterocycles. The number of ketones is 1. The van der Waals surface area contributed by atoms with Crippen LogP contribution in [0.3, 0.4) is 0 Å². The summed E-state index contributed by atoms with van der Waals surface area (Å²) in [5.74, 6) is 2.18. The van der Waals surface area contributed by atoms with Gasteiger partial charge in [0.1, 0.15) is 5.75 Å². The van der Waals surface area contributed by atoms with E-state index in [1.54, 1.807) is 12.1 Å². The smallest absolute Gasteiger partial charge is 0.276 e. The van der Waals surface area contributed by atoms with Gasteiger partial charge in [0.25, 0.3) is 5.22 Å². The lowest BCUT2D eigenvalue weighted by Crippen LogP contribution is -2.07. The van der Waals surface area contributed by atoms with E-state index < -0.39 is 9.84 Å². The Hall–Kier alpha value is -1.87. The van der Waals surface area contributed by atoms with Crippen LogP contribution in [0.15, 0.2) is 27.8 Å². The summed E-state index contributed by atoms with van der Waals surface area (Å²) < 4.78 is 34.4. The van der Waals surface area contributed by atoms with Gasteiger partial charge in [-0.3, -0.25) is 4.79 Å². The van der Waals surface area contributed by atoms with Crippen molar-refractivity contribution in [1.29, 1.82) is 0 Å². The van der Waals surface area contributed by atoms with Crippen LogP contribution in [0.2, 0.25) is 0 Å². The van der Waals surface area contributed by atoms with E-state index in [9.17, 15) is 13.2 Å². The van der Waals surface area contributed by atoms with Crippen LogP contribution in [0.25, 0.3) is 0 Å². The van der Waals surface area contributed by atoms with Gasteiger partial charge in [-0.05, 0) is 44.4 Å². The minimum atomic E-state index is -2.91. The second kappa shape index (κ2) is 8.43. The van der Waals surface area contributed by atoms with Crippen molar-refractivity contribution in [2.24, 2.45) is 5.92 Å². The molecular weight excluding hydrogens is 388 g/mol. The number of rotatable bonds is 8. The second-order valence-electron chi connectivity index (χ2n) is 6.54. The SMILES string of the molecule is CCOc1ccc(C(C)=O)cc1CSc1nnc(C[C@H]2CCS(=O)(=O)C2)o1. The fourth-order valence-electron chi connectivity index (χ4n) is 3.01. The molecule has 1 saturated heterocycles. The topological polar surface area (TPSA) is 99.4 Å². The summed E-state index contributed by atoms with van der Waals surface area (Å²) in [4.78, 5) is 11.6. The van der Waals surface area contributed by atoms with E-state index in [-0.39, 0.29) is 23.2 Å². The fourth-order valence-corrected chi connectivity index (χ4v) is 5.63. The second-order valence-corrected chi connectivity index (χ2v) is 9.69. The molecule has 0 amide bonds. The quantitative estimate of drug-likeness (QED) is 0.484. The normalized spacial score (nSPS) is 18.5. The molecule has 0 aliphatic carbocycles. The number of sulfone groups is 1. The Morgan fingerprint density at radius 3 is 2.85 bits per heavy atom. The Labute approximate surface area is 162 Å². The molecule has 1 aromatic carbocycles. The van der Waals surface area contributed by atoms with Gasteiger partial charge in [-0.15, -0.1) is 10.2 Å². The summed E-state index contributed by atoms with van der Waals surface area (Å²) in [6, 6.07) is 5.37. The van der Waals surface area contributed by atoms with E-state index >= 15 is 0 Å². The Morgan fingerprint density at radius 1 is 1.37 bits per heavy atom. The maximum atomic E-state index is 11.6. The third-order valence-electron chi connectivity index (χ3n) is 4.36. The minimum absolute atomic E-state index is 0.00380. The third kappa shape index (κ3) is 5.32. The maximum Gasteiger partial charge on any atom is 0.276 e. The van der Waals surface area contributed by atoms with Crippen LogP contribution in [0, 0.1) is 5.92 Å². The zero-order valence-corrected chi connectivity index (χ0v) is 16.9. The van der Waals surface area contributed by atoms with E-state index in [1.165, 1.54) is 18.7 Å². The molecule has 0 radical (unpaired) electrons. The molecule has 1 aliphatic rings. The first-order valence-electron chi connectivity index (χ1n) is 8.78. The average molecular weight is 411 g/mol. The van der Waals surface area contributed by atoms with Gasteiger partial charge in [-0.1, -0.05) is 11.8 Å². The molecule has 146 valence electrons. The molecule has 27 heavy (non-hydrogen) atoms. The van der Waals surface area contributed by atoms with Crippen LogP contribution < -0.4 is 4.74 Å². The Balaban J connectivity index is 1.64. The van der Waals surface area contributed by atoms with Crippen LogP contribution in [-0.4, -0.2) is 42.5 Å². The van der Waals surface area contributed by atoms with Gasteiger partial charge >= 0.3 is 0 Å². The lowest BCUT2D eigenvalue weighted by molar-refractivity contribution is 0.101. The number of hydrogen-bond acceptors (Lipinski definition) is 8. The van der Waals surface area contributed by atoms with Crippen molar-refractivity contribution in [3.63, 3.8) is 0 Å². The molecule has 1 aliphatic heterocycles. The summed E-state index contributed by atoms with van der Waals surface area (Å²) in [7, 11) is -2.91. The highest BCUT2D eigenvalue weighted by atomic mass is 32.2. The van der Waals surface area contributed by atoms with Crippen LogP contribution in [-0.2, 0) is 22.0 Å². The van der Waals surface area contributed by atoms with Crippen molar-refractivity contribution in [3.8, 4) is 5.75 Å². The predicted molar refractivity (Wildman–Crippen MR) is 102 cm³/mol. The standard InChI is InChI=1S/C18H22N2O5S2/c1-3-24-16-5-4-14(12(2)21)9-15(16)10-26-18-20-19-17(25-18)8-13-6-7-27(22,23)11-13/h4-5,9,13H,3,6-8,10-11H2,1-2H3/t13-/m1/s1. The van der Waals surface area contributed by atoms with Gasteiger partial charge < -0.3 is 9.15 Å².